The normalized spacial score (nSPS) is 10.1. The average molecular weight is 412 g/mol. The molecule has 0 atom stereocenters. The van der Waals surface area contributed by atoms with Gasteiger partial charge in [-0.2, -0.15) is 0 Å². The van der Waals surface area contributed by atoms with Crippen LogP contribution in [0.3, 0.4) is 0 Å². The number of hydrogen-bond donors (Lipinski definition) is 3. The number of phenols is 1. The van der Waals surface area contributed by atoms with Gasteiger partial charge in [-0.3, -0.25) is 4.79 Å². The van der Waals surface area contributed by atoms with Crippen molar-refractivity contribution in [2.45, 2.75) is 6.42 Å². The molecule has 6 heteroatoms. The Morgan fingerprint density at radius 1 is 1.24 bits per heavy atom. The molecular weight excluding hydrogens is 399 g/mol. The Morgan fingerprint density at radius 2 is 1.90 bits per heavy atom. The van der Waals surface area contributed by atoms with E-state index in [-0.39, 0.29) is 17.2 Å². The number of hydrogen-bond acceptors (Lipinski definition) is 3. The van der Waals surface area contributed by atoms with Gasteiger partial charge in [-0.15, -0.1) is 0 Å². The predicted molar refractivity (Wildman–Crippen MR) is 95.7 cm³/mol. The molecular formula is C15H13IN2O2S. The Balaban J connectivity index is 2.12. The highest BCUT2D eigenvalue weighted by molar-refractivity contribution is 14.1. The molecule has 0 aromatic heterocycles. The molecule has 4 nitrogen and oxygen atoms in total. The summed E-state index contributed by atoms with van der Waals surface area (Å²) in [6.07, 6.45) is 0.529. The predicted octanol–water partition coefficient (Wildman–Crippen LogP) is 3.08. The molecule has 2 rings (SSSR count). The highest BCUT2D eigenvalue weighted by Gasteiger charge is 2.11. The van der Waals surface area contributed by atoms with Crippen LogP contribution in [0.2, 0.25) is 0 Å². The van der Waals surface area contributed by atoms with Gasteiger partial charge in [0.05, 0.1) is 10.6 Å². The van der Waals surface area contributed by atoms with Crippen molar-refractivity contribution in [3.05, 3.63) is 57.2 Å². The average Bonchev–Trinajstić information content (AvgIpc) is 2.43. The van der Waals surface area contributed by atoms with Crippen LogP contribution in [0.25, 0.3) is 0 Å². The maximum atomic E-state index is 12.1. The summed E-state index contributed by atoms with van der Waals surface area (Å²) in [4.78, 5) is 12.6. The lowest BCUT2D eigenvalue weighted by Gasteiger charge is -2.08. The van der Waals surface area contributed by atoms with Gasteiger partial charge >= 0.3 is 0 Å². The van der Waals surface area contributed by atoms with Crippen LogP contribution in [0.15, 0.2) is 42.5 Å². The molecule has 0 heterocycles. The number of carbonyl (C=O) groups is 1. The minimum Gasteiger partial charge on any atom is -0.507 e. The standard InChI is InChI=1S/C15H13IN2O2S/c16-10-3-6-13(19)12(8-10)15(20)18-11-4-1-9(2-5-11)7-14(17)21/h1-6,8,19H,7H2,(H2,17,21)(H,18,20). The van der Waals surface area contributed by atoms with Gasteiger partial charge in [-0.25, -0.2) is 0 Å². The van der Waals surface area contributed by atoms with Gasteiger partial charge < -0.3 is 16.2 Å². The summed E-state index contributed by atoms with van der Waals surface area (Å²) < 4.78 is 0.877. The number of thiocarbonyl (C=S) groups is 1. The zero-order chi connectivity index (χ0) is 15.4. The topological polar surface area (TPSA) is 75.3 Å². The van der Waals surface area contributed by atoms with Crippen molar-refractivity contribution in [2.75, 3.05) is 5.32 Å². The van der Waals surface area contributed by atoms with Crippen LogP contribution in [0, 0.1) is 3.57 Å². The van der Waals surface area contributed by atoms with E-state index < -0.39 is 0 Å². The van der Waals surface area contributed by atoms with Gasteiger partial charge in [0.15, 0.2) is 0 Å². The molecule has 0 bridgehead atoms. The third-order valence-electron chi connectivity index (χ3n) is 2.79. The lowest BCUT2D eigenvalue weighted by Crippen LogP contribution is -2.13. The Labute approximate surface area is 141 Å². The summed E-state index contributed by atoms with van der Waals surface area (Å²) in [6, 6.07) is 12.1. The lowest BCUT2D eigenvalue weighted by molar-refractivity contribution is 0.102. The van der Waals surface area contributed by atoms with Crippen molar-refractivity contribution < 1.29 is 9.90 Å². The minimum absolute atomic E-state index is 0.0435. The SMILES string of the molecule is NC(=S)Cc1ccc(NC(=O)c2cc(I)ccc2O)cc1. The second kappa shape index (κ2) is 6.86. The molecule has 108 valence electrons. The zero-order valence-electron chi connectivity index (χ0n) is 11.0. The Hall–Kier alpha value is -1.67. The molecule has 0 spiro atoms. The first-order chi connectivity index (χ1) is 9.95. The van der Waals surface area contributed by atoms with E-state index in [0.29, 0.717) is 17.1 Å². The van der Waals surface area contributed by atoms with Gasteiger partial charge in [-0.05, 0) is 58.5 Å². The van der Waals surface area contributed by atoms with Gasteiger partial charge in [0.1, 0.15) is 5.75 Å². The van der Waals surface area contributed by atoms with Gasteiger partial charge in [0.2, 0.25) is 0 Å². The number of anilines is 1. The Morgan fingerprint density at radius 3 is 2.52 bits per heavy atom. The van der Waals surface area contributed by atoms with Crippen molar-refractivity contribution >= 4 is 51.4 Å². The molecule has 0 aliphatic heterocycles. The van der Waals surface area contributed by atoms with Crippen LogP contribution < -0.4 is 11.1 Å². The van der Waals surface area contributed by atoms with E-state index in [9.17, 15) is 9.90 Å². The molecule has 0 saturated heterocycles. The zero-order valence-corrected chi connectivity index (χ0v) is 13.9. The lowest BCUT2D eigenvalue weighted by atomic mass is 10.1. The number of carbonyl (C=O) groups excluding carboxylic acids is 1. The number of rotatable bonds is 4. The van der Waals surface area contributed by atoms with E-state index in [2.05, 4.69) is 27.9 Å². The summed E-state index contributed by atoms with van der Waals surface area (Å²) in [5, 5.41) is 12.5. The van der Waals surface area contributed by atoms with Crippen molar-refractivity contribution in [2.24, 2.45) is 5.73 Å². The minimum atomic E-state index is -0.354. The monoisotopic (exact) mass is 412 g/mol. The first kappa shape index (κ1) is 15.7. The van der Waals surface area contributed by atoms with E-state index in [1.54, 1.807) is 24.3 Å². The first-order valence-corrected chi connectivity index (χ1v) is 7.61. The van der Waals surface area contributed by atoms with Gasteiger partial charge in [0.25, 0.3) is 5.91 Å². The number of benzene rings is 2. The number of nitrogens with two attached hydrogens (primary N) is 1. The fraction of sp³-hybridized carbons (Fsp3) is 0.0667. The van der Waals surface area contributed by atoms with Crippen LogP contribution in [-0.4, -0.2) is 16.0 Å². The molecule has 2 aromatic carbocycles. The van der Waals surface area contributed by atoms with Crippen LogP contribution in [-0.2, 0) is 6.42 Å². The largest absolute Gasteiger partial charge is 0.507 e. The van der Waals surface area contributed by atoms with Crippen LogP contribution >= 0.6 is 34.8 Å². The highest BCUT2D eigenvalue weighted by atomic mass is 127. The molecule has 0 unspecified atom stereocenters. The number of halogens is 1. The van der Waals surface area contributed by atoms with Crippen molar-refractivity contribution in [3.63, 3.8) is 0 Å². The van der Waals surface area contributed by atoms with Gasteiger partial charge in [0, 0.05) is 15.7 Å². The molecule has 4 N–H and O–H groups in total. The highest BCUT2D eigenvalue weighted by Crippen LogP contribution is 2.21. The Kier molecular flexibility index (Phi) is 5.13. The maximum Gasteiger partial charge on any atom is 0.259 e. The molecule has 1 amide bonds. The van der Waals surface area contributed by atoms with E-state index in [1.165, 1.54) is 6.07 Å². The number of phenolic OH excluding ortho intramolecular Hbond substituents is 1. The second-order valence-electron chi connectivity index (χ2n) is 4.46. The molecule has 0 aliphatic carbocycles. The summed E-state index contributed by atoms with van der Waals surface area (Å²) >= 11 is 6.94. The molecule has 2 aromatic rings. The Bertz CT molecular complexity index is 687. The second-order valence-corrected chi connectivity index (χ2v) is 6.23. The summed E-state index contributed by atoms with van der Waals surface area (Å²) in [7, 11) is 0. The molecule has 0 saturated carbocycles. The number of aromatic hydroxyl groups is 1. The quantitative estimate of drug-likeness (QED) is 0.533. The fourth-order valence-corrected chi connectivity index (χ4v) is 2.45. The number of amides is 1. The third-order valence-corrected chi connectivity index (χ3v) is 3.61. The smallest absolute Gasteiger partial charge is 0.259 e. The van der Waals surface area contributed by atoms with E-state index in [0.717, 1.165) is 9.13 Å². The molecule has 0 fully saturated rings. The third kappa shape index (κ3) is 4.40. The van der Waals surface area contributed by atoms with Crippen molar-refractivity contribution in [3.8, 4) is 5.75 Å². The fourth-order valence-electron chi connectivity index (χ4n) is 1.80. The molecule has 0 radical (unpaired) electrons. The van der Waals surface area contributed by atoms with Crippen LogP contribution in [0.1, 0.15) is 15.9 Å². The maximum absolute atomic E-state index is 12.1. The van der Waals surface area contributed by atoms with Crippen molar-refractivity contribution in [1.29, 1.82) is 0 Å². The van der Waals surface area contributed by atoms with E-state index in [1.807, 2.05) is 12.1 Å². The van der Waals surface area contributed by atoms with Crippen molar-refractivity contribution in [1.82, 2.24) is 0 Å². The van der Waals surface area contributed by atoms with Crippen LogP contribution in [0.4, 0.5) is 5.69 Å². The van der Waals surface area contributed by atoms with E-state index >= 15 is 0 Å². The van der Waals surface area contributed by atoms with E-state index in [4.69, 9.17) is 18.0 Å². The van der Waals surface area contributed by atoms with Gasteiger partial charge in [-0.1, -0.05) is 24.4 Å². The molecule has 21 heavy (non-hydrogen) atoms. The number of nitrogens with one attached hydrogen (secondary N) is 1. The summed E-state index contributed by atoms with van der Waals surface area (Å²) in [6.45, 7) is 0. The summed E-state index contributed by atoms with van der Waals surface area (Å²) in [5.41, 5.74) is 7.36. The summed E-state index contributed by atoms with van der Waals surface area (Å²) in [5.74, 6) is -0.397. The van der Waals surface area contributed by atoms with Crippen LogP contribution in [0.5, 0.6) is 5.75 Å². The molecule has 0 aliphatic rings. The first-order valence-electron chi connectivity index (χ1n) is 6.13.